The van der Waals surface area contributed by atoms with Crippen LogP contribution in [-0.4, -0.2) is 73.3 Å². The number of hydrogen-bond acceptors (Lipinski definition) is 8. The Kier molecular flexibility index (Phi) is 6.43. The summed E-state index contributed by atoms with van der Waals surface area (Å²) in [4.78, 5) is 14.0. The summed E-state index contributed by atoms with van der Waals surface area (Å²) in [6.45, 7) is 5.20. The standard InChI is InChI=1S/C19H29N7OS/c1-24-17(22-23-19(24)28-12-11-27)15-5-4-8-25(13-15)14-16-6-7-20-18(21-16)26-9-2-3-10-26/h6-7,15,27H,2-5,8-14H2,1H3/t15-/m1/s1. The molecule has 8 nitrogen and oxygen atoms in total. The molecule has 0 spiro atoms. The second kappa shape index (κ2) is 9.19. The smallest absolute Gasteiger partial charge is 0.225 e. The molecule has 152 valence electrons. The van der Waals surface area contributed by atoms with Crippen molar-refractivity contribution in [2.75, 3.05) is 43.4 Å². The first kappa shape index (κ1) is 19.6. The molecule has 0 unspecified atom stereocenters. The zero-order valence-corrected chi connectivity index (χ0v) is 17.3. The molecule has 1 atom stereocenters. The van der Waals surface area contributed by atoms with Gasteiger partial charge < -0.3 is 14.6 Å². The number of anilines is 1. The molecule has 2 aromatic heterocycles. The molecule has 9 heteroatoms. The average molecular weight is 404 g/mol. The first-order chi connectivity index (χ1) is 13.7. The van der Waals surface area contributed by atoms with Gasteiger partial charge in [0.2, 0.25) is 5.95 Å². The Balaban J connectivity index is 1.40. The van der Waals surface area contributed by atoms with Gasteiger partial charge in [0.15, 0.2) is 5.16 Å². The molecule has 2 aliphatic heterocycles. The molecule has 4 heterocycles. The van der Waals surface area contributed by atoms with E-state index in [1.165, 1.54) is 12.8 Å². The van der Waals surface area contributed by atoms with E-state index in [4.69, 9.17) is 10.1 Å². The number of aromatic nitrogens is 5. The van der Waals surface area contributed by atoms with E-state index in [0.717, 1.165) is 68.2 Å². The Labute approximate surface area is 170 Å². The summed E-state index contributed by atoms with van der Waals surface area (Å²) >= 11 is 1.55. The molecule has 4 rings (SSSR count). The van der Waals surface area contributed by atoms with Crippen molar-refractivity contribution < 1.29 is 5.11 Å². The van der Waals surface area contributed by atoms with E-state index < -0.39 is 0 Å². The van der Waals surface area contributed by atoms with Crippen LogP contribution < -0.4 is 4.90 Å². The first-order valence-corrected chi connectivity index (χ1v) is 11.2. The minimum Gasteiger partial charge on any atom is -0.396 e. The molecular weight excluding hydrogens is 374 g/mol. The maximum Gasteiger partial charge on any atom is 0.225 e. The SMILES string of the molecule is Cn1c(SCCO)nnc1[C@@H]1CCCN(Cc2ccnc(N3CCCC3)n2)C1. The molecule has 0 bridgehead atoms. The quantitative estimate of drug-likeness (QED) is 0.699. The lowest BCUT2D eigenvalue weighted by molar-refractivity contribution is 0.193. The van der Waals surface area contributed by atoms with Crippen LogP contribution in [0.25, 0.3) is 0 Å². The second-order valence-corrected chi connectivity index (χ2v) is 8.65. The van der Waals surface area contributed by atoms with Crippen LogP contribution in [0.5, 0.6) is 0 Å². The maximum absolute atomic E-state index is 9.04. The van der Waals surface area contributed by atoms with Crippen molar-refractivity contribution in [2.24, 2.45) is 7.05 Å². The summed E-state index contributed by atoms with van der Waals surface area (Å²) in [5, 5.41) is 18.7. The summed E-state index contributed by atoms with van der Waals surface area (Å²) in [5.41, 5.74) is 1.09. The van der Waals surface area contributed by atoms with Gasteiger partial charge in [0.1, 0.15) is 5.82 Å². The summed E-state index contributed by atoms with van der Waals surface area (Å²) < 4.78 is 2.09. The predicted molar refractivity (Wildman–Crippen MR) is 110 cm³/mol. The highest BCUT2D eigenvalue weighted by Crippen LogP contribution is 2.28. The van der Waals surface area contributed by atoms with Crippen LogP contribution in [0.3, 0.4) is 0 Å². The monoisotopic (exact) mass is 403 g/mol. The molecule has 0 aliphatic carbocycles. The molecular formula is C19H29N7OS. The van der Waals surface area contributed by atoms with Crippen molar-refractivity contribution in [2.45, 2.75) is 43.3 Å². The van der Waals surface area contributed by atoms with Gasteiger partial charge in [0.05, 0.1) is 12.3 Å². The minimum absolute atomic E-state index is 0.155. The van der Waals surface area contributed by atoms with Gasteiger partial charge in [-0.3, -0.25) is 4.90 Å². The molecule has 0 amide bonds. The molecule has 2 aliphatic rings. The number of piperidine rings is 1. The minimum atomic E-state index is 0.155. The van der Waals surface area contributed by atoms with Crippen LogP contribution in [0.1, 0.15) is 43.1 Å². The fourth-order valence-corrected chi connectivity index (χ4v) is 4.78. The van der Waals surface area contributed by atoms with Crippen molar-refractivity contribution in [1.82, 2.24) is 29.6 Å². The average Bonchev–Trinajstić information content (AvgIpc) is 3.37. The molecule has 2 fully saturated rings. The lowest BCUT2D eigenvalue weighted by Gasteiger charge is -2.32. The van der Waals surface area contributed by atoms with Gasteiger partial charge in [-0.05, 0) is 38.3 Å². The highest BCUT2D eigenvalue weighted by Gasteiger charge is 2.26. The van der Waals surface area contributed by atoms with Gasteiger partial charge in [-0.15, -0.1) is 10.2 Å². The van der Waals surface area contributed by atoms with Crippen molar-refractivity contribution in [3.63, 3.8) is 0 Å². The number of likely N-dealkylation sites (tertiary alicyclic amines) is 1. The molecule has 0 radical (unpaired) electrons. The third kappa shape index (κ3) is 4.47. The fraction of sp³-hybridized carbons (Fsp3) is 0.684. The van der Waals surface area contributed by atoms with E-state index in [1.54, 1.807) is 11.8 Å². The van der Waals surface area contributed by atoms with Gasteiger partial charge in [0.25, 0.3) is 0 Å². The molecule has 1 N–H and O–H groups in total. The largest absolute Gasteiger partial charge is 0.396 e. The van der Waals surface area contributed by atoms with Gasteiger partial charge in [0, 0.05) is 51.1 Å². The molecule has 2 aromatic rings. The van der Waals surface area contributed by atoms with E-state index in [-0.39, 0.29) is 6.61 Å². The van der Waals surface area contributed by atoms with Crippen LogP contribution in [-0.2, 0) is 13.6 Å². The zero-order chi connectivity index (χ0) is 19.3. The Bertz CT molecular complexity index is 777. The number of aliphatic hydroxyl groups is 1. The van der Waals surface area contributed by atoms with Crippen LogP contribution in [0.4, 0.5) is 5.95 Å². The summed E-state index contributed by atoms with van der Waals surface area (Å²) in [5.74, 6) is 2.96. The number of hydrogen-bond donors (Lipinski definition) is 1. The Morgan fingerprint density at radius 3 is 2.86 bits per heavy atom. The maximum atomic E-state index is 9.04. The molecule has 2 saturated heterocycles. The molecule has 0 aromatic carbocycles. The lowest BCUT2D eigenvalue weighted by atomic mass is 9.97. The third-order valence-corrected chi connectivity index (χ3v) is 6.54. The number of aliphatic hydroxyl groups excluding tert-OH is 1. The normalized spacial score (nSPS) is 20.8. The van der Waals surface area contributed by atoms with Crippen molar-refractivity contribution >= 4 is 17.7 Å². The highest BCUT2D eigenvalue weighted by molar-refractivity contribution is 7.99. The summed E-state index contributed by atoms with van der Waals surface area (Å²) in [7, 11) is 2.03. The summed E-state index contributed by atoms with van der Waals surface area (Å²) in [6.07, 6.45) is 6.65. The first-order valence-electron chi connectivity index (χ1n) is 10.2. The van der Waals surface area contributed by atoms with Crippen molar-refractivity contribution in [3.05, 3.63) is 23.8 Å². The van der Waals surface area contributed by atoms with Crippen LogP contribution in [0, 0.1) is 0 Å². The van der Waals surface area contributed by atoms with E-state index in [9.17, 15) is 0 Å². The van der Waals surface area contributed by atoms with E-state index in [0.29, 0.717) is 11.7 Å². The number of thioether (sulfide) groups is 1. The van der Waals surface area contributed by atoms with Crippen LogP contribution >= 0.6 is 11.8 Å². The fourth-order valence-electron chi connectivity index (χ4n) is 4.13. The highest BCUT2D eigenvalue weighted by atomic mass is 32.2. The van der Waals surface area contributed by atoms with Gasteiger partial charge in [-0.25, -0.2) is 9.97 Å². The molecule has 28 heavy (non-hydrogen) atoms. The Morgan fingerprint density at radius 2 is 2.04 bits per heavy atom. The van der Waals surface area contributed by atoms with Gasteiger partial charge in [-0.2, -0.15) is 0 Å². The summed E-state index contributed by atoms with van der Waals surface area (Å²) in [6, 6.07) is 2.04. The number of rotatable bonds is 7. The Hall–Kier alpha value is -1.71. The van der Waals surface area contributed by atoms with Crippen molar-refractivity contribution in [1.29, 1.82) is 0 Å². The Morgan fingerprint density at radius 1 is 1.18 bits per heavy atom. The van der Waals surface area contributed by atoms with Crippen LogP contribution in [0.15, 0.2) is 17.4 Å². The predicted octanol–water partition coefficient (Wildman–Crippen LogP) is 1.67. The van der Waals surface area contributed by atoms with E-state index in [1.807, 2.05) is 19.3 Å². The number of nitrogens with zero attached hydrogens (tertiary/aromatic N) is 7. The van der Waals surface area contributed by atoms with Gasteiger partial charge in [-0.1, -0.05) is 11.8 Å². The van der Waals surface area contributed by atoms with Crippen molar-refractivity contribution in [3.8, 4) is 0 Å². The zero-order valence-electron chi connectivity index (χ0n) is 16.5. The van der Waals surface area contributed by atoms with Gasteiger partial charge >= 0.3 is 0 Å². The molecule has 0 saturated carbocycles. The lowest BCUT2D eigenvalue weighted by Crippen LogP contribution is -2.35. The van der Waals surface area contributed by atoms with Crippen LogP contribution in [0.2, 0.25) is 0 Å². The topological polar surface area (TPSA) is 83.2 Å². The second-order valence-electron chi connectivity index (χ2n) is 7.59. The van der Waals surface area contributed by atoms with E-state index in [2.05, 4.69) is 29.5 Å². The van der Waals surface area contributed by atoms with E-state index >= 15 is 0 Å². The third-order valence-electron chi connectivity index (χ3n) is 5.54.